The van der Waals surface area contributed by atoms with Crippen molar-refractivity contribution in [2.24, 2.45) is 0 Å². The predicted molar refractivity (Wildman–Crippen MR) is 69.6 cm³/mol. The Bertz CT molecular complexity index is 629. The van der Waals surface area contributed by atoms with Crippen LogP contribution in [0.2, 0.25) is 0 Å². The zero-order chi connectivity index (χ0) is 12.8. The number of aromatic nitrogens is 1. The number of hydrogen-bond acceptors (Lipinski definition) is 2. The second-order valence-electron chi connectivity index (χ2n) is 5.13. The van der Waals surface area contributed by atoms with Crippen LogP contribution in [0.3, 0.4) is 0 Å². The number of fused-ring (bicyclic) bond motifs is 1. The number of rotatable bonds is 2. The molecular weight excluding hydrogens is 226 g/mol. The lowest BCUT2D eigenvalue weighted by Crippen LogP contribution is -2.42. The minimum atomic E-state index is -0.701. The van der Waals surface area contributed by atoms with Crippen LogP contribution >= 0.6 is 0 Å². The first-order valence-corrected chi connectivity index (χ1v) is 6.22. The van der Waals surface area contributed by atoms with Crippen LogP contribution < -0.4 is 0 Å². The molecule has 0 aliphatic heterocycles. The van der Waals surface area contributed by atoms with Gasteiger partial charge in [0.2, 0.25) is 0 Å². The third kappa shape index (κ3) is 1.50. The molecule has 3 rings (SSSR count). The Balaban J connectivity index is 2.13. The quantitative estimate of drug-likeness (QED) is 0.879. The average Bonchev–Trinajstić information content (AvgIpc) is 2.27. The molecule has 0 atom stereocenters. The van der Waals surface area contributed by atoms with Gasteiger partial charge >= 0.3 is 5.97 Å². The summed E-state index contributed by atoms with van der Waals surface area (Å²) in [5, 5.41) is 11.6. The summed E-state index contributed by atoms with van der Waals surface area (Å²) in [4.78, 5) is 15.8. The van der Waals surface area contributed by atoms with E-state index in [-0.39, 0.29) is 0 Å². The van der Waals surface area contributed by atoms with Crippen LogP contribution in [0, 0.1) is 6.92 Å². The molecule has 2 aromatic rings. The van der Waals surface area contributed by atoms with Gasteiger partial charge in [0.1, 0.15) is 0 Å². The summed E-state index contributed by atoms with van der Waals surface area (Å²) in [6.07, 6.45) is 4.30. The van der Waals surface area contributed by atoms with Crippen LogP contribution in [0.5, 0.6) is 0 Å². The molecule has 0 saturated heterocycles. The Labute approximate surface area is 105 Å². The molecule has 18 heavy (non-hydrogen) atoms. The SMILES string of the molecule is Cc1cc2ccc(C3(C(=O)O)CCC3)cc2cn1. The summed E-state index contributed by atoms with van der Waals surface area (Å²) in [6, 6.07) is 7.96. The number of aryl methyl sites for hydroxylation is 1. The Morgan fingerprint density at radius 1 is 1.28 bits per heavy atom. The second-order valence-corrected chi connectivity index (χ2v) is 5.13. The average molecular weight is 241 g/mol. The highest BCUT2D eigenvalue weighted by atomic mass is 16.4. The van der Waals surface area contributed by atoms with Crippen molar-refractivity contribution < 1.29 is 9.90 Å². The molecule has 1 fully saturated rings. The zero-order valence-corrected chi connectivity index (χ0v) is 10.3. The molecule has 92 valence electrons. The second kappa shape index (κ2) is 3.80. The highest BCUT2D eigenvalue weighted by Gasteiger charge is 2.45. The van der Waals surface area contributed by atoms with Gasteiger partial charge in [-0.1, -0.05) is 18.6 Å². The van der Waals surface area contributed by atoms with Crippen molar-refractivity contribution >= 4 is 16.7 Å². The molecule has 1 aromatic carbocycles. The summed E-state index contributed by atoms with van der Waals surface area (Å²) < 4.78 is 0. The summed E-state index contributed by atoms with van der Waals surface area (Å²) in [7, 11) is 0. The normalized spacial score (nSPS) is 17.4. The Kier molecular flexibility index (Phi) is 2.37. The van der Waals surface area contributed by atoms with Crippen molar-refractivity contribution in [1.29, 1.82) is 0 Å². The van der Waals surface area contributed by atoms with Crippen LogP contribution in [-0.2, 0) is 10.2 Å². The molecule has 1 aromatic heterocycles. The van der Waals surface area contributed by atoms with Crippen LogP contribution in [0.25, 0.3) is 10.8 Å². The number of carbonyl (C=O) groups is 1. The van der Waals surface area contributed by atoms with Gasteiger partial charge in [-0.2, -0.15) is 0 Å². The van der Waals surface area contributed by atoms with E-state index in [0.717, 1.165) is 41.3 Å². The van der Waals surface area contributed by atoms with Crippen molar-refractivity contribution in [3.63, 3.8) is 0 Å². The molecule has 0 unspecified atom stereocenters. The number of carboxylic acid groups (broad SMARTS) is 1. The van der Waals surface area contributed by atoms with Crippen molar-refractivity contribution in [2.45, 2.75) is 31.6 Å². The van der Waals surface area contributed by atoms with E-state index in [1.54, 1.807) is 0 Å². The largest absolute Gasteiger partial charge is 0.481 e. The number of hydrogen-bond donors (Lipinski definition) is 1. The fourth-order valence-electron chi connectivity index (χ4n) is 2.71. The minimum absolute atomic E-state index is 0.654. The Hall–Kier alpha value is -1.90. The first-order chi connectivity index (χ1) is 8.62. The fraction of sp³-hybridized carbons (Fsp3) is 0.333. The van der Waals surface area contributed by atoms with Gasteiger partial charge in [-0.05, 0) is 42.8 Å². The minimum Gasteiger partial charge on any atom is -0.481 e. The molecule has 3 nitrogen and oxygen atoms in total. The number of pyridine rings is 1. The lowest BCUT2D eigenvalue weighted by atomic mass is 9.64. The first kappa shape index (κ1) is 11.2. The van der Waals surface area contributed by atoms with Crippen LogP contribution in [0.15, 0.2) is 30.5 Å². The molecule has 1 N–H and O–H groups in total. The summed E-state index contributed by atoms with van der Waals surface area (Å²) in [5.74, 6) is -0.701. The lowest BCUT2D eigenvalue weighted by molar-refractivity contribution is -0.147. The number of carboxylic acids is 1. The van der Waals surface area contributed by atoms with Crippen LogP contribution in [0.1, 0.15) is 30.5 Å². The molecular formula is C15H15NO2. The molecule has 0 radical (unpaired) electrons. The van der Waals surface area contributed by atoms with Gasteiger partial charge in [0.15, 0.2) is 0 Å². The maximum absolute atomic E-state index is 11.5. The van der Waals surface area contributed by atoms with Crippen LogP contribution in [0.4, 0.5) is 0 Å². The van der Waals surface area contributed by atoms with Gasteiger partial charge in [-0.25, -0.2) is 0 Å². The molecule has 1 aliphatic rings. The van der Waals surface area contributed by atoms with Gasteiger partial charge in [-0.15, -0.1) is 0 Å². The van der Waals surface area contributed by atoms with Crippen molar-refractivity contribution in [3.05, 3.63) is 41.7 Å². The van der Waals surface area contributed by atoms with Crippen LogP contribution in [-0.4, -0.2) is 16.1 Å². The van der Waals surface area contributed by atoms with Crippen molar-refractivity contribution in [2.75, 3.05) is 0 Å². The summed E-state index contributed by atoms with van der Waals surface area (Å²) >= 11 is 0. The summed E-state index contributed by atoms with van der Waals surface area (Å²) in [6.45, 7) is 1.96. The lowest BCUT2D eigenvalue weighted by Gasteiger charge is -2.38. The number of nitrogens with zero attached hydrogens (tertiary/aromatic N) is 1. The monoisotopic (exact) mass is 241 g/mol. The van der Waals surface area contributed by atoms with Gasteiger partial charge in [0, 0.05) is 17.3 Å². The third-order valence-corrected chi connectivity index (χ3v) is 4.03. The standard InChI is InChI=1S/C15H15NO2/c1-10-7-11-3-4-13(8-12(11)9-16-10)15(14(17)18)5-2-6-15/h3-4,7-9H,2,5-6H2,1H3,(H,17,18). The molecule has 1 heterocycles. The predicted octanol–water partition coefficient (Wildman–Crippen LogP) is 3.05. The Morgan fingerprint density at radius 3 is 2.67 bits per heavy atom. The third-order valence-electron chi connectivity index (χ3n) is 4.03. The zero-order valence-electron chi connectivity index (χ0n) is 10.3. The van der Waals surface area contributed by atoms with E-state index < -0.39 is 11.4 Å². The van der Waals surface area contributed by atoms with E-state index in [4.69, 9.17) is 0 Å². The first-order valence-electron chi connectivity index (χ1n) is 6.22. The van der Waals surface area contributed by atoms with Gasteiger partial charge < -0.3 is 5.11 Å². The van der Waals surface area contributed by atoms with Gasteiger partial charge in [0.25, 0.3) is 0 Å². The summed E-state index contributed by atoms with van der Waals surface area (Å²) in [5.41, 5.74) is 1.24. The smallest absolute Gasteiger partial charge is 0.314 e. The maximum Gasteiger partial charge on any atom is 0.314 e. The maximum atomic E-state index is 11.5. The van der Waals surface area contributed by atoms with E-state index in [1.165, 1.54) is 0 Å². The van der Waals surface area contributed by atoms with E-state index >= 15 is 0 Å². The van der Waals surface area contributed by atoms with Gasteiger partial charge in [-0.3, -0.25) is 9.78 Å². The molecule has 0 spiro atoms. The molecule has 1 aliphatic carbocycles. The molecule has 3 heteroatoms. The number of benzene rings is 1. The molecule has 0 bridgehead atoms. The van der Waals surface area contributed by atoms with E-state index in [9.17, 15) is 9.90 Å². The molecule has 1 saturated carbocycles. The van der Waals surface area contributed by atoms with Crippen molar-refractivity contribution in [1.82, 2.24) is 4.98 Å². The van der Waals surface area contributed by atoms with E-state index in [2.05, 4.69) is 4.98 Å². The topological polar surface area (TPSA) is 50.2 Å². The Morgan fingerprint density at radius 2 is 2.06 bits per heavy atom. The number of aliphatic carboxylic acids is 1. The van der Waals surface area contributed by atoms with E-state index in [0.29, 0.717) is 0 Å². The van der Waals surface area contributed by atoms with E-state index in [1.807, 2.05) is 37.4 Å². The molecule has 0 amide bonds. The van der Waals surface area contributed by atoms with Crippen molar-refractivity contribution in [3.8, 4) is 0 Å². The highest BCUT2D eigenvalue weighted by Crippen LogP contribution is 2.44. The highest BCUT2D eigenvalue weighted by molar-refractivity contribution is 5.87. The van der Waals surface area contributed by atoms with Gasteiger partial charge in [0.05, 0.1) is 5.41 Å². The fourth-order valence-corrected chi connectivity index (χ4v) is 2.71.